The molecule has 0 radical (unpaired) electrons. The molecule has 1 aromatic carbocycles. The van der Waals surface area contributed by atoms with Crippen LogP contribution in [0.2, 0.25) is 0 Å². The van der Waals surface area contributed by atoms with E-state index in [9.17, 15) is 27.2 Å². The largest absolute Gasteiger partial charge is 0.405 e. The minimum atomic E-state index is -4.56. The molecule has 2 N–H and O–H groups in total. The van der Waals surface area contributed by atoms with E-state index in [-0.39, 0.29) is 18.3 Å². The van der Waals surface area contributed by atoms with Crippen LogP contribution in [0.5, 0.6) is 0 Å². The zero-order valence-electron chi connectivity index (χ0n) is 15.7. The van der Waals surface area contributed by atoms with Crippen LogP contribution in [0.1, 0.15) is 24.7 Å². The van der Waals surface area contributed by atoms with E-state index >= 15 is 0 Å². The van der Waals surface area contributed by atoms with Crippen molar-refractivity contribution in [3.63, 3.8) is 0 Å². The fourth-order valence-corrected chi connectivity index (χ4v) is 3.14. The molecule has 2 heterocycles. The van der Waals surface area contributed by atoms with E-state index in [4.69, 9.17) is 4.52 Å². The lowest BCUT2D eigenvalue weighted by Crippen LogP contribution is -2.48. The molecule has 2 aromatic rings. The Kier molecular flexibility index (Phi) is 6.65. The Hall–Kier alpha value is -3.02. The first-order chi connectivity index (χ1) is 14.2. The fraction of sp³-hybridized carbons (Fsp3) is 0.444. The maximum Gasteiger partial charge on any atom is 0.405 e. The quantitative estimate of drug-likeness (QED) is 0.709. The summed E-state index contributed by atoms with van der Waals surface area (Å²) in [6.45, 7) is -0.731. The van der Waals surface area contributed by atoms with Gasteiger partial charge in [0.1, 0.15) is 12.4 Å². The van der Waals surface area contributed by atoms with E-state index in [0.717, 1.165) is 12.8 Å². The molecule has 3 amide bonds. The summed E-state index contributed by atoms with van der Waals surface area (Å²) in [6, 6.07) is 4.57. The van der Waals surface area contributed by atoms with Gasteiger partial charge in [-0.2, -0.15) is 18.2 Å². The van der Waals surface area contributed by atoms with Crippen LogP contribution in [0.25, 0.3) is 11.4 Å². The number of rotatable bonds is 5. The maximum atomic E-state index is 13.4. The van der Waals surface area contributed by atoms with Crippen molar-refractivity contribution in [3.8, 4) is 11.4 Å². The summed E-state index contributed by atoms with van der Waals surface area (Å²) in [6.07, 6.45) is -3.11. The van der Waals surface area contributed by atoms with Crippen molar-refractivity contribution >= 4 is 11.9 Å². The molecule has 0 aliphatic carbocycles. The number of imide groups is 1. The third-order valence-corrected chi connectivity index (χ3v) is 4.45. The Morgan fingerprint density at radius 3 is 2.83 bits per heavy atom. The Morgan fingerprint density at radius 1 is 1.30 bits per heavy atom. The molecule has 12 heteroatoms. The zero-order chi connectivity index (χ0) is 21.7. The number of carbonyl (C=O) groups is 2. The number of amides is 3. The van der Waals surface area contributed by atoms with Gasteiger partial charge in [-0.1, -0.05) is 17.3 Å². The molecule has 1 aliphatic heterocycles. The molecular formula is C18H19F4N5O3. The van der Waals surface area contributed by atoms with Crippen LogP contribution in [0.15, 0.2) is 28.8 Å². The van der Waals surface area contributed by atoms with Gasteiger partial charge in [-0.3, -0.25) is 15.0 Å². The summed E-state index contributed by atoms with van der Waals surface area (Å²) < 4.78 is 54.9. The van der Waals surface area contributed by atoms with Crippen LogP contribution < -0.4 is 10.6 Å². The van der Waals surface area contributed by atoms with Gasteiger partial charge in [0, 0.05) is 12.1 Å². The van der Waals surface area contributed by atoms with E-state index in [0.29, 0.717) is 24.5 Å². The Morgan fingerprint density at radius 2 is 2.10 bits per heavy atom. The Balaban J connectivity index is 1.53. The monoisotopic (exact) mass is 429 g/mol. The van der Waals surface area contributed by atoms with E-state index in [2.05, 4.69) is 10.1 Å². The second-order valence-electron chi connectivity index (χ2n) is 6.89. The summed E-state index contributed by atoms with van der Waals surface area (Å²) in [7, 11) is 0. The van der Waals surface area contributed by atoms with Crippen molar-refractivity contribution in [3.05, 3.63) is 36.0 Å². The van der Waals surface area contributed by atoms with Crippen LogP contribution in [-0.2, 0) is 4.79 Å². The van der Waals surface area contributed by atoms with Gasteiger partial charge in [-0.05, 0) is 31.5 Å². The van der Waals surface area contributed by atoms with E-state index in [1.807, 2.05) is 5.32 Å². The number of nitrogens with zero attached hydrogens (tertiary/aromatic N) is 3. The number of piperidine rings is 1. The van der Waals surface area contributed by atoms with Gasteiger partial charge < -0.3 is 9.84 Å². The molecule has 1 fully saturated rings. The molecule has 1 aliphatic rings. The number of halogens is 4. The Bertz CT molecular complexity index is 902. The Labute approximate surface area is 168 Å². The number of nitrogens with one attached hydrogen (secondary N) is 2. The van der Waals surface area contributed by atoms with Crippen molar-refractivity contribution in [2.24, 2.45) is 0 Å². The van der Waals surface area contributed by atoms with Gasteiger partial charge in [0.15, 0.2) is 0 Å². The zero-order valence-corrected chi connectivity index (χ0v) is 15.7. The predicted molar refractivity (Wildman–Crippen MR) is 95.7 cm³/mol. The highest BCUT2D eigenvalue weighted by atomic mass is 19.4. The lowest BCUT2D eigenvalue weighted by atomic mass is 9.98. The predicted octanol–water partition coefficient (Wildman–Crippen LogP) is 2.44. The molecular weight excluding hydrogens is 410 g/mol. The second kappa shape index (κ2) is 9.20. The average molecular weight is 429 g/mol. The standard InChI is InChI=1S/C18H19F4N5O3/c19-13-5-1-3-11(7-13)15-25-16(30-26-15)12-4-2-6-27(8-12)9-14(28)24-17(29)23-10-18(20,21)22/h1,3,5,7,12H,2,4,6,8-10H2,(H2,23,24,28,29). The van der Waals surface area contributed by atoms with Crippen molar-refractivity contribution in [1.29, 1.82) is 0 Å². The third-order valence-electron chi connectivity index (χ3n) is 4.45. The van der Waals surface area contributed by atoms with Gasteiger partial charge in [0.2, 0.25) is 17.6 Å². The summed E-state index contributed by atoms with van der Waals surface area (Å²) in [5.74, 6) is -0.710. The van der Waals surface area contributed by atoms with Crippen molar-refractivity contribution in [2.45, 2.75) is 24.9 Å². The summed E-state index contributed by atoms with van der Waals surface area (Å²) >= 11 is 0. The van der Waals surface area contributed by atoms with Crippen LogP contribution in [0.4, 0.5) is 22.4 Å². The number of hydrogen-bond donors (Lipinski definition) is 2. The normalized spacial score (nSPS) is 17.5. The maximum absolute atomic E-state index is 13.4. The highest BCUT2D eigenvalue weighted by Crippen LogP contribution is 2.27. The minimum absolute atomic E-state index is 0.166. The summed E-state index contributed by atoms with van der Waals surface area (Å²) in [5, 5.41) is 7.31. The van der Waals surface area contributed by atoms with Crippen molar-refractivity contribution in [1.82, 2.24) is 25.7 Å². The van der Waals surface area contributed by atoms with E-state index in [1.54, 1.807) is 16.3 Å². The van der Waals surface area contributed by atoms with Crippen LogP contribution in [0.3, 0.4) is 0 Å². The number of urea groups is 1. The molecule has 1 atom stereocenters. The molecule has 8 nitrogen and oxygen atoms in total. The average Bonchev–Trinajstić information content (AvgIpc) is 3.16. The molecule has 1 saturated heterocycles. The second-order valence-corrected chi connectivity index (χ2v) is 6.89. The lowest BCUT2D eigenvalue weighted by molar-refractivity contribution is -0.125. The number of alkyl halides is 3. The van der Waals surface area contributed by atoms with Gasteiger partial charge in [0.05, 0.1) is 12.5 Å². The molecule has 0 spiro atoms. The number of carbonyl (C=O) groups excluding carboxylic acids is 2. The van der Waals surface area contributed by atoms with Crippen LogP contribution >= 0.6 is 0 Å². The van der Waals surface area contributed by atoms with Gasteiger partial charge >= 0.3 is 12.2 Å². The van der Waals surface area contributed by atoms with E-state index in [1.165, 1.54) is 18.2 Å². The van der Waals surface area contributed by atoms with E-state index < -0.39 is 30.5 Å². The SMILES string of the molecule is O=C(CN1CCCC(c2nc(-c3cccc(F)c3)no2)C1)NC(=O)NCC(F)(F)F. The number of benzene rings is 1. The molecule has 0 saturated carbocycles. The molecule has 3 rings (SSSR count). The molecule has 30 heavy (non-hydrogen) atoms. The smallest absolute Gasteiger partial charge is 0.339 e. The fourth-order valence-electron chi connectivity index (χ4n) is 3.14. The molecule has 1 unspecified atom stereocenters. The minimum Gasteiger partial charge on any atom is -0.339 e. The first-order valence-electron chi connectivity index (χ1n) is 9.16. The van der Waals surface area contributed by atoms with Gasteiger partial charge in [-0.15, -0.1) is 0 Å². The first kappa shape index (κ1) is 21.7. The highest BCUT2D eigenvalue weighted by Gasteiger charge is 2.29. The lowest BCUT2D eigenvalue weighted by Gasteiger charge is -2.30. The van der Waals surface area contributed by atoms with Gasteiger partial charge in [0.25, 0.3) is 0 Å². The summed E-state index contributed by atoms with van der Waals surface area (Å²) in [5.41, 5.74) is 0.474. The van der Waals surface area contributed by atoms with Crippen LogP contribution in [0, 0.1) is 5.82 Å². The van der Waals surface area contributed by atoms with Crippen molar-refractivity contribution < 1.29 is 31.7 Å². The number of hydrogen-bond acceptors (Lipinski definition) is 6. The third kappa shape index (κ3) is 6.24. The van der Waals surface area contributed by atoms with Crippen molar-refractivity contribution in [2.75, 3.05) is 26.2 Å². The van der Waals surface area contributed by atoms with Gasteiger partial charge in [-0.25, -0.2) is 9.18 Å². The number of aromatic nitrogens is 2. The molecule has 162 valence electrons. The molecule has 1 aromatic heterocycles. The highest BCUT2D eigenvalue weighted by molar-refractivity contribution is 5.95. The first-order valence-corrected chi connectivity index (χ1v) is 9.16. The summed E-state index contributed by atoms with van der Waals surface area (Å²) in [4.78, 5) is 29.4. The van der Waals surface area contributed by atoms with Crippen LogP contribution in [-0.4, -0.2) is 59.3 Å². The number of likely N-dealkylation sites (tertiary alicyclic amines) is 1. The topological polar surface area (TPSA) is 100 Å². The molecule has 0 bridgehead atoms.